The minimum absolute atomic E-state index is 0.0328. The second-order valence-corrected chi connectivity index (χ2v) is 8.67. The van der Waals surface area contributed by atoms with E-state index >= 15 is 0 Å². The van der Waals surface area contributed by atoms with Crippen molar-refractivity contribution in [2.75, 3.05) is 25.6 Å². The quantitative estimate of drug-likeness (QED) is 0.580. The van der Waals surface area contributed by atoms with Gasteiger partial charge < -0.3 is 14.8 Å². The number of para-hydroxylation sites is 1. The Labute approximate surface area is 182 Å². The third-order valence-corrected chi connectivity index (χ3v) is 6.58. The molecule has 3 aromatic rings. The van der Waals surface area contributed by atoms with E-state index in [1.807, 2.05) is 6.07 Å². The van der Waals surface area contributed by atoms with E-state index < -0.39 is 15.9 Å². The predicted molar refractivity (Wildman–Crippen MR) is 119 cm³/mol. The molecule has 0 radical (unpaired) electrons. The summed E-state index contributed by atoms with van der Waals surface area (Å²) >= 11 is 0. The van der Waals surface area contributed by atoms with E-state index in [0.29, 0.717) is 17.2 Å². The predicted octanol–water partition coefficient (Wildman–Crippen LogP) is 3.46. The number of anilines is 1. The van der Waals surface area contributed by atoms with E-state index in [-0.39, 0.29) is 17.0 Å². The molecule has 0 atom stereocenters. The standard InChI is InChI=1S/C23H24N2O5S/c1-25(19-9-5-4-6-10-19)31(27,28)21-11-7-8-17(15-21)23(26)24-16-18-14-20(29-2)12-13-22(18)30-3/h4-15H,16H2,1-3H3,(H,24,26). The van der Waals surface area contributed by atoms with Crippen molar-refractivity contribution in [2.45, 2.75) is 11.4 Å². The molecule has 0 unspecified atom stereocenters. The van der Waals surface area contributed by atoms with Crippen LogP contribution in [0.2, 0.25) is 0 Å². The zero-order valence-corrected chi connectivity index (χ0v) is 18.3. The summed E-state index contributed by atoms with van der Waals surface area (Å²) in [6, 6.07) is 20.0. The Kier molecular flexibility index (Phi) is 6.81. The molecule has 0 aromatic heterocycles. The molecular weight excluding hydrogens is 416 g/mol. The van der Waals surface area contributed by atoms with Crippen LogP contribution in [0, 0.1) is 0 Å². The molecule has 0 fully saturated rings. The fourth-order valence-corrected chi connectivity index (χ4v) is 4.27. The molecule has 3 aromatic carbocycles. The van der Waals surface area contributed by atoms with Crippen molar-refractivity contribution in [3.8, 4) is 11.5 Å². The number of carbonyl (C=O) groups excluding carboxylic acids is 1. The summed E-state index contributed by atoms with van der Waals surface area (Å²) in [5, 5.41) is 2.80. The van der Waals surface area contributed by atoms with Crippen molar-refractivity contribution in [3.05, 3.63) is 83.9 Å². The van der Waals surface area contributed by atoms with Gasteiger partial charge in [0.25, 0.3) is 15.9 Å². The van der Waals surface area contributed by atoms with E-state index in [1.54, 1.807) is 68.8 Å². The van der Waals surface area contributed by atoms with Gasteiger partial charge in [-0.2, -0.15) is 0 Å². The van der Waals surface area contributed by atoms with Crippen LogP contribution in [0.3, 0.4) is 0 Å². The number of nitrogens with zero attached hydrogens (tertiary/aromatic N) is 1. The highest BCUT2D eigenvalue weighted by atomic mass is 32.2. The lowest BCUT2D eigenvalue weighted by Gasteiger charge is -2.19. The molecule has 0 saturated heterocycles. The lowest BCUT2D eigenvalue weighted by molar-refractivity contribution is 0.0950. The number of ether oxygens (including phenoxy) is 2. The van der Waals surface area contributed by atoms with Gasteiger partial charge in [0.2, 0.25) is 0 Å². The van der Waals surface area contributed by atoms with Gasteiger partial charge in [0, 0.05) is 24.7 Å². The van der Waals surface area contributed by atoms with Gasteiger partial charge in [-0.3, -0.25) is 9.10 Å². The van der Waals surface area contributed by atoms with Crippen LogP contribution in [0.4, 0.5) is 5.69 Å². The molecule has 0 aliphatic carbocycles. The average Bonchev–Trinajstić information content (AvgIpc) is 2.82. The van der Waals surface area contributed by atoms with Gasteiger partial charge in [-0.15, -0.1) is 0 Å². The Morgan fingerprint density at radius 2 is 1.68 bits per heavy atom. The van der Waals surface area contributed by atoms with Gasteiger partial charge in [-0.05, 0) is 48.5 Å². The highest BCUT2D eigenvalue weighted by molar-refractivity contribution is 7.92. The van der Waals surface area contributed by atoms with Crippen LogP contribution in [0.25, 0.3) is 0 Å². The van der Waals surface area contributed by atoms with Crippen molar-refractivity contribution in [1.29, 1.82) is 0 Å². The van der Waals surface area contributed by atoms with E-state index in [1.165, 1.54) is 23.5 Å². The normalized spacial score (nSPS) is 10.9. The number of benzene rings is 3. The first kappa shape index (κ1) is 22.2. The van der Waals surface area contributed by atoms with E-state index in [9.17, 15) is 13.2 Å². The van der Waals surface area contributed by atoms with Crippen LogP contribution in [0.15, 0.2) is 77.7 Å². The van der Waals surface area contributed by atoms with E-state index in [2.05, 4.69) is 5.32 Å². The van der Waals surface area contributed by atoms with Crippen LogP contribution in [-0.4, -0.2) is 35.6 Å². The lowest BCUT2D eigenvalue weighted by atomic mass is 10.1. The number of carbonyl (C=O) groups is 1. The van der Waals surface area contributed by atoms with Gasteiger partial charge in [-0.1, -0.05) is 24.3 Å². The number of sulfonamides is 1. The third-order valence-electron chi connectivity index (χ3n) is 4.80. The molecule has 162 valence electrons. The first-order valence-corrected chi connectivity index (χ1v) is 10.9. The van der Waals surface area contributed by atoms with Crippen molar-refractivity contribution in [3.63, 3.8) is 0 Å². The zero-order chi connectivity index (χ0) is 22.4. The molecule has 31 heavy (non-hydrogen) atoms. The molecule has 0 spiro atoms. The summed E-state index contributed by atoms with van der Waals surface area (Å²) in [4.78, 5) is 12.7. The molecule has 0 saturated carbocycles. The SMILES string of the molecule is COc1ccc(OC)c(CNC(=O)c2cccc(S(=O)(=O)N(C)c3ccccc3)c2)c1. The Hall–Kier alpha value is -3.52. The minimum Gasteiger partial charge on any atom is -0.497 e. The molecule has 1 N–H and O–H groups in total. The molecule has 3 rings (SSSR count). The molecule has 1 amide bonds. The van der Waals surface area contributed by atoms with Gasteiger partial charge in [-0.25, -0.2) is 8.42 Å². The average molecular weight is 441 g/mol. The number of nitrogens with one attached hydrogen (secondary N) is 1. The van der Waals surface area contributed by atoms with Crippen molar-refractivity contribution >= 4 is 21.6 Å². The van der Waals surface area contributed by atoms with E-state index in [4.69, 9.17) is 9.47 Å². The number of hydrogen-bond donors (Lipinski definition) is 1. The highest BCUT2D eigenvalue weighted by Gasteiger charge is 2.22. The molecule has 8 heteroatoms. The topological polar surface area (TPSA) is 84.9 Å². The molecule has 0 aliphatic heterocycles. The summed E-state index contributed by atoms with van der Waals surface area (Å²) in [6.07, 6.45) is 0. The molecule has 0 heterocycles. The highest BCUT2D eigenvalue weighted by Crippen LogP contribution is 2.25. The van der Waals surface area contributed by atoms with Crippen LogP contribution < -0.4 is 19.1 Å². The molecule has 7 nitrogen and oxygen atoms in total. The summed E-state index contributed by atoms with van der Waals surface area (Å²) in [5.74, 6) is 0.855. The Morgan fingerprint density at radius 3 is 2.35 bits per heavy atom. The Balaban J connectivity index is 1.79. The summed E-state index contributed by atoms with van der Waals surface area (Å²) in [5.41, 5.74) is 1.51. The second-order valence-electron chi connectivity index (χ2n) is 6.70. The molecular formula is C23H24N2O5S. The van der Waals surface area contributed by atoms with Crippen LogP contribution in [0.5, 0.6) is 11.5 Å². The van der Waals surface area contributed by atoms with Crippen LogP contribution in [0.1, 0.15) is 15.9 Å². The maximum atomic E-state index is 13.0. The number of methoxy groups -OCH3 is 2. The van der Waals surface area contributed by atoms with Crippen molar-refractivity contribution in [2.24, 2.45) is 0 Å². The van der Waals surface area contributed by atoms with Crippen molar-refractivity contribution < 1.29 is 22.7 Å². The maximum absolute atomic E-state index is 13.0. The van der Waals surface area contributed by atoms with Gasteiger partial charge in [0.15, 0.2) is 0 Å². The lowest BCUT2D eigenvalue weighted by Crippen LogP contribution is -2.27. The van der Waals surface area contributed by atoms with Gasteiger partial charge in [0.1, 0.15) is 11.5 Å². The number of amides is 1. The van der Waals surface area contributed by atoms with Gasteiger partial charge >= 0.3 is 0 Å². The smallest absolute Gasteiger partial charge is 0.264 e. The molecule has 0 aliphatic rings. The third kappa shape index (κ3) is 4.97. The van der Waals surface area contributed by atoms with Gasteiger partial charge in [0.05, 0.1) is 24.8 Å². The number of rotatable bonds is 8. The zero-order valence-electron chi connectivity index (χ0n) is 17.5. The fourth-order valence-electron chi connectivity index (χ4n) is 3.03. The first-order valence-electron chi connectivity index (χ1n) is 9.50. The Morgan fingerprint density at radius 1 is 0.935 bits per heavy atom. The monoisotopic (exact) mass is 440 g/mol. The Bertz CT molecular complexity index is 1160. The second kappa shape index (κ2) is 9.53. The summed E-state index contributed by atoms with van der Waals surface area (Å²) in [7, 11) is 0.765. The van der Waals surface area contributed by atoms with Crippen LogP contribution in [-0.2, 0) is 16.6 Å². The van der Waals surface area contributed by atoms with E-state index in [0.717, 1.165) is 5.56 Å². The fraction of sp³-hybridized carbons (Fsp3) is 0.174. The summed E-state index contributed by atoms with van der Waals surface area (Å²) in [6.45, 7) is 0.195. The molecule has 0 bridgehead atoms. The largest absolute Gasteiger partial charge is 0.497 e. The number of hydrogen-bond acceptors (Lipinski definition) is 5. The maximum Gasteiger partial charge on any atom is 0.264 e. The first-order chi connectivity index (χ1) is 14.9. The van der Waals surface area contributed by atoms with Crippen molar-refractivity contribution in [1.82, 2.24) is 5.32 Å². The minimum atomic E-state index is -3.82. The van der Waals surface area contributed by atoms with Crippen LogP contribution >= 0.6 is 0 Å². The summed E-state index contributed by atoms with van der Waals surface area (Å²) < 4.78 is 37.7.